The Balaban J connectivity index is 0.00000113. The van der Waals surface area contributed by atoms with Crippen LogP contribution < -0.4 is 17.7 Å². The van der Waals surface area contributed by atoms with Gasteiger partial charge in [0, 0.05) is 30.3 Å². The van der Waals surface area contributed by atoms with Crippen molar-refractivity contribution in [2.24, 2.45) is 0 Å². The number of halogens is 1. The first-order valence-corrected chi connectivity index (χ1v) is 9.09. The zero-order chi connectivity index (χ0) is 15.6. The molecule has 1 aliphatic heterocycles. The highest BCUT2D eigenvalue weighted by atomic mass is 35.5. The third-order valence-corrected chi connectivity index (χ3v) is 5.80. The lowest BCUT2D eigenvalue weighted by Gasteiger charge is -2.41. The summed E-state index contributed by atoms with van der Waals surface area (Å²) in [5, 5.41) is 3.58. The number of nitrogens with zero attached hydrogens (tertiary/aromatic N) is 1. The molecule has 24 heavy (non-hydrogen) atoms. The molecule has 2 aliphatic carbocycles. The third kappa shape index (κ3) is 3.52. The fourth-order valence-corrected chi connectivity index (χ4v) is 4.44. The fraction of sp³-hybridized carbons (Fsp3) is 0.550. The average Bonchev–Trinajstić information content (AvgIpc) is 2.63. The number of hydrogen-bond acceptors (Lipinski definition) is 3. The number of ketones is 1. The number of allylic oxidation sites excluding steroid dienone is 1. The molecule has 1 saturated carbocycles. The minimum absolute atomic E-state index is 0. The van der Waals surface area contributed by atoms with Crippen molar-refractivity contribution in [3.05, 3.63) is 47.2 Å². The average molecular weight is 347 g/mol. The van der Waals surface area contributed by atoms with Crippen LogP contribution in [0.2, 0.25) is 0 Å². The van der Waals surface area contributed by atoms with Crippen molar-refractivity contribution >= 4 is 5.78 Å². The number of Topliss-reactive ketones (excluding diaryl/α,β-unsaturated/α-hetero) is 1. The molecule has 1 heterocycles. The van der Waals surface area contributed by atoms with Gasteiger partial charge in [0.1, 0.15) is 0 Å². The molecule has 1 aromatic rings. The summed E-state index contributed by atoms with van der Waals surface area (Å²) in [7, 11) is 0. The Kier molecular flexibility index (Phi) is 5.62. The van der Waals surface area contributed by atoms with Crippen LogP contribution in [0.25, 0.3) is 0 Å². The van der Waals surface area contributed by atoms with Gasteiger partial charge in [-0.3, -0.25) is 9.69 Å². The Labute approximate surface area is 152 Å². The number of nitrogens with one attached hydrogen (secondary N) is 1. The van der Waals surface area contributed by atoms with E-state index in [1.54, 1.807) is 0 Å². The van der Waals surface area contributed by atoms with Gasteiger partial charge in [-0.25, -0.2) is 0 Å². The molecule has 1 N–H and O–H groups in total. The first-order valence-electron chi connectivity index (χ1n) is 9.09. The molecule has 0 saturated heterocycles. The van der Waals surface area contributed by atoms with Crippen molar-refractivity contribution in [3.8, 4) is 0 Å². The van der Waals surface area contributed by atoms with Crippen molar-refractivity contribution < 1.29 is 18.6 Å². The predicted molar refractivity (Wildman–Crippen MR) is 93.1 cm³/mol. The zero-order valence-electron chi connectivity index (χ0n) is 15.1. The van der Waals surface area contributed by atoms with Gasteiger partial charge in [0.25, 0.3) is 0 Å². The second-order valence-corrected chi connectivity index (χ2v) is 7.27. The molecule has 0 spiro atoms. The minimum atomic E-state index is 0. The largest absolute Gasteiger partial charge is 1.00 e. The van der Waals surface area contributed by atoms with Gasteiger partial charge in [0.05, 0.1) is 6.67 Å². The van der Waals surface area contributed by atoms with E-state index in [0.29, 0.717) is 24.2 Å². The molecule has 0 amide bonds. The van der Waals surface area contributed by atoms with E-state index in [9.17, 15) is 4.79 Å². The summed E-state index contributed by atoms with van der Waals surface area (Å²) in [6.07, 6.45) is 8.32. The number of benzene rings is 1. The smallest absolute Gasteiger partial charge is 1.00 e. The summed E-state index contributed by atoms with van der Waals surface area (Å²) in [6.45, 7) is 1.78. The number of carbonyl (C=O) groups excluding carboxylic acids is 1. The standard InChI is InChI=1S/C20H26N2O.ClH/c23-20-12-16(15-7-3-1-4-8-15)11-19-18(20)13-22(14-21-19)17-9-5-2-6-10-17;/h1,3-4,7-8,16-17,21H,2,5-6,9-14H2;1H. The van der Waals surface area contributed by atoms with Crippen molar-refractivity contribution in [1.82, 2.24) is 10.2 Å². The van der Waals surface area contributed by atoms with Gasteiger partial charge in [-0.05, 0) is 30.7 Å². The monoisotopic (exact) mass is 346 g/mol. The van der Waals surface area contributed by atoms with E-state index in [0.717, 1.165) is 25.2 Å². The minimum Gasteiger partial charge on any atom is -1.00 e. The van der Waals surface area contributed by atoms with Crippen molar-refractivity contribution in [2.75, 3.05) is 13.2 Å². The lowest BCUT2D eigenvalue weighted by atomic mass is 9.81. The first kappa shape index (κ1) is 17.5. The Bertz CT molecular complexity index is 613. The van der Waals surface area contributed by atoms with Crippen LogP contribution in [0.5, 0.6) is 0 Å². The summed E-state index contributed by atoms with van der Waals surface area (Å²) >= 11 is 0. The second kappa shape index (κ2) is 7.71. The summed E-state index contributed by atoms with van der Waals surface area (Å²) in [5.74, 6) is 0.698. The molecule has 1 fully saturated rings. The van der Waals surface area contributed by atoms with E-state index < -0.39 is 0 Å². The highest BCUT2D eigenvalue weighted by Crippen LogP contribution is 2.36. The maximum atomic E-state index is 12.7. The maximum Gasteiger partial charge on any atom is 1.00 e. The van der Waals surface area contributed by atoms with Gasteiger partial charge in [-0.1, -0.05) is 49.6 Å². The van der Waals surface area contributed by atoms with Crippen molar-refractivity contribution in [2.45, 2.75) is 56.9 Å². The number of hydrogen-bond donors (Lipinski definition) is 1. The molecule has 4 heteroatoms. The highest BCUT2D eigenvalue weighted by molar-refractivity contribution is 5.98. The summed E-state index contributed by atoms with van der Waals surface area (Å²) in [4.78, 5) is 15.2. The van der Waals surface area contributed by atoms with Gasteiger partial charge in [0.2, 0.25) is 0 Å². The molecule has 0 bridgehead atoms. The van der Waals surface area contributed by atoms with Crippen LogP contribution in [0, 0.1) is 0 Å². The molecule has 0 aromatic heterocycles. The van der Waals surface area contributed by atoms with Gasteiger partial charge in [-0.15, -0.1) is 0 Å². The van der Waals surface area contributed by atoms with E-state index in [1.165, 1.54) is 43.4 Å². The van der Waals surface area contributed by atoms with Crippen molar-refractivity contribution in [1.29, 1.82) is 0 Å². The molecule has 3 nitrogen and oxygen atoms in total. The Morgan fingerprint density at radius 3 is 2.54 bits per heavy atom. The summed E-state index contributed by atoms with van der Waals surface area (Å²) in [6, 6.07) is 11.2. The van der Waals surface area contributed by atoms with Crippen LogP contribution in [0.4, 0.5) is 0 Å². The van der Waals surface area contributed by atoms with Gasteiger partial charge in [-0.2, -0.15) is 0 Å². The lowest BCUT2D eigenvalue weighted by Crippen LogP contribution is -3.00. The molecule has 1 atom stereocenters. The Hall–Kier alpha value is -1.32. The first-order chi connectivity index (χ1) is 11.3. The van der Waals surface area contributed by atoms with E-state index in [4.69, 9.17) is 0 Å². The molecule has 0 radical (unpaired) electrons. The maximum absolute atomic E-state index is 12.7. The van der Waals surface area contributed by atoms with Gasteiger partial charge in [0.15, 0.2) is 5.78 Å². The summed E-state index contributed by atoms with van der Waals surface area (Å²) in [5.41, 5.74) is 3.57. The van der Waals surface area contributed by atoms with Crippen LogP contribution in [0.1, 0.15) is 57.9 Å². The summed E-state index contributed by atoms with van der Waals surface area (Å²) < 4.78 is 0. The fourth-order valence-electron chi connectivity index (χ4n) is 4.44. The predicted octanol–water partition coefficient (Wildman–Crippen LogP) is 0.699. The van der Waals surface area contributed by atoms with Gasteiger partial charge >= 0.3 is 1.43 Å². The van der Waals surface area contributed by atoms with Crippen LogP contribution in [-0.4, -0.2) is 29.9 Å². The zero-order valence-corrected chi connectivity index (χ0v) is 14.9. The van der Waals surface area contributed by atoms with E-state index in [-0.39, 0.29) is 13.8 Å². The second-order valence-electron chi connectivity index (χ2n) is 7.27. The molecular formula is C20H27ClN2O. The van der Waals surface area contributed by atoms with E-state index in [1.807, 2.05) is 6.07 Å². The Morgan fingerprint density at radius 1 is 1.04 bits per heavy atom. The molecule has 1 aromatic carbocycles. The SMILES string of the molecule is O=C1CC(c2ccccc2)CC2=C1CN(C1CCCCC1)CN2.[Cl-].[H+]. The van der Waals surface area contributed by atoms with Crippen LogP contribution in [0.3, 0.4) is 0 Å². The van der Waals surface area contributed by atoms with Gasteiger partial charge < -0.3 is 17.7 Å². The Morgan fingerprint density at radius 2 is 1.79 bits per heavy atom. The molecule has 1 unspecified atom stereocenters. The van der Waals surface area contributed by atoms with Crippen LogP contribution in [-0.2, 0) is 4.79 Å². The van der Waals surface area contributed by atoms with E-state index in [2.05, 4.69) is 34.5 Å². The lowest BCUT2D eigenvalue weighted by molar-refractivity contribution is -0.117. The molecular weight excluding hydrogens is 320 g/mol. The molecule has 130 valence electrons. The van der Waals surface area contributed by atoms with Crippen molar-refractivity contribution in [3.63, 3.8) is 0 Å². The quantitative estimate of drug-likeness (QED) is 0.855. The van der Waals surface area contributed by atoms with Crippen LogP contribution in [0.15, 0.2) is 41.6 Å². The molecule has 3 aliphatic rings. The topological polar surface area (TPSA) is 32.3 Å². The number of rotatable bonds is 2. The van der Waals surface area contributed by atoms with Crippen LogP contribution >= 0.6 is 0 Å². The normalized spacial score (nSPS) is 25.7. The molecule has 4 rings (SSSR count). The number of carbonyl (C=O) groups is 1. The highest BCUT2D eigenvalue weighted by Gasteiger charge is 2.34. The van der Waals surface area contributed by atoms with E-state index >= 15 is 0 Å². The third-order valence-electron chi connectivity index (χ3n) is 5.80.